The number of nitrogens with one attached hydrogen (secondary N) is 1. The number of allylic oxidation sites excluding steroid dienone is 1. The van der Waals surface area contributed by atoms with Crippen LogP contribution in [0.3, 0.4) is 0 Å². The lowest BCUT2D eigenvalue weighted by Crippen LogP contribution is -2.31. The molecule has 1 unspecified atom stereocenters. The number of fused-ring (bicyclic) bond motifs is 1. The number of hydrogen-bond acceptors (Lipinski definition) is 6. The predicted octanol–water partition coefficient (Wildman–Crippen LogP) is 2.51. The Labute approximate surface area is 162 Å². The van der Waals surface area contributed by atoms with Crippen molar-refractivity contribution < 1.29 is 9.53 Å². The molecule has 8 nitrogen and oxygen atoms in total. The SMILES string of the molecule is CCOc1ccc(C2C(C(N)=O)=C(C)Nc3nc(-c4ccncc4)nn32)cc1. The number of benzene rings is 1. The van der Waals surface area contributed by atoms with Crippen molar-refractivity contribution in [1.29, 1.82) is 0 Å². The van der Waals surface area contributed by atoms with E-state index in [4.69, 9.17) is 10.5 Å². The standard InChI is InChI=1S/C20H20N6O2/c1-3-28-15-6-4-13(5-7-15)17-16(18(21)27)12(2)23-20-24-19(25-26(17)20)14-8-10-22-11-9-14/h4-11,17H,3H2,1-2H3,(H2,21,27)(H,23,24,25). The van der Waals surface area contributed by atoms with E-state index < -0.39 is 11.9 Å². The summed E-state index contributed by atoms with van der Waals surface area (Å²) in [5, 5.41) is 7.79. The van der Waals surface area contributed by atoms with Gasteiger partial charge in [-0.15, -0.1) is 5.10 Å². The number of nitrogens with two attached hydrogens (primary N) is 1. The zero-order valence-electron chi connectivity index (χ0n) is 15.6. The first kappa shape index (κ1) is 17.7. The van der Waals surface area contributed by atoms with Crippen LogP contribution >= 0.6 is 0 Å². The first-order valence-electron chi connectivity index (χ1n) is 8.95. The molecule has 0 fully saturated rings. The first-order chi connectivity index (χ1) is 13.6. The van der Waals surface area contributed by atoms with Crippen LogP contribution in [-0.4, -0.2) is 32.3 Å². The summed E-state index contributed by atoms with van der Waals surface area (Å²) in [6, 6.07) is 10.8. The van der Waals surface area contributed by atoms with E-state index in [1.54, 1.807) is 17.1 Å². The molecule has 3 heterocycles. The summed E-state index contributed by atoms with van der Waals surface area (Å²) in [5.41, 5.74) is 8.52. The smallest absolute Gasteiger partial charge is 0.248 e. The van der Waals surface area contributed by atoms with E-state index in [1.807, 2.05) is 50.2 Å². The van der Waals surface area contributed by atoms with Gasteiger partial charge in [0.25, 0.3) is 0 Å². The molecule has 0 bridgehead atoms. The summed E-state index contributed by atoms with van der Waals surface area (Å²) in [6.07, 6.45) is 3.37. The summed E-state index contributed by atoms with van der Waals surface area (Å²) in [6.45, 7) is 4.33. The number of amides is 1. The Kier molecular flexibility index (Phi) is 4.52. The number of pyridine rings is 1. The van der Waals surface area contributed by atoms with Crippen LogP contribution < -0.4 is 15.8 Å². The third kappa shape index (κ3) is 3.09. The maximum atomic E-state index is 12.2. The molecule has 0 radical (unpaired) electrons. The first-order valence-corrected chi connectivity index (χ1v) is 8.95. The lowest BCUT2D eigenvalue weighted by Gasteiger charge is -2.27. The third-order valence-corrected chi connectivity index (χ3v) is 4.56. The summed E-state index contributed by atoms with van der Waals surface area (Å²) < 4.78 is 7.21. The molecule has 1 atom stereocenters. The van der Waals surface area contributed by atoms with Crippen LogP contribution in [0, 0.1) is 0 Å². The molecule has 3 N–H and O–H groups in total. The number of carbonyl (C=O) groups is 1. The molecule has 28 heavy (non-hydrogen) atoms. The van der Waals surface area contributed by atoms with Crippen molar-refractivity contribution in [1.82, 2.24) is 19.7 Å². The third-order valence-electron chi connectivity index (χ3n) is 4.56. The second-order valence-corrected chi connectivity index (χ2v) is 6.37. The molecule has 0 saturated carbocycles. The average Bonchev–Trinajstić information content (AvgIpc) is 3.12. The largest absolute Gasteiger partial charge is 0.494 e. The highest BCUT2D eigenvalue weighted by Gasteiger charge is 2.33. The van der Waals surface area contributed by atoms with Gasteiger partial charge in [0, 0.05) is 23.7 Å². The lowest BCUT2D eigenvalue weighted by atomic mass is 9.95. The fourth-order valence-electron chi connectivity index (χ4n) is 3.31. The van der Waals surface area contributed by atoms with Crippen LogP contribution in [0.2, 0.25) is 0 Å². The van der Waals surface area contributed by atoms with Gasteiger partial charge in [0.15, 0.2) is 5.82 Å². The number of rotatable bonds is 5. The monoisotopic (exact) mass is 376 g/mol. The molecule has 4 rings (SSSR count). The number of anilines is 1. The average molecular weight is 376 g/mol. The Morgan fingerprint density at radius 2 is 1.93 bits per heavy atom. The molecule has 0 aliphatic carbocycles. The van der Waals surface area contributed by atoms with E-state index in [9.17, 15) is 4.79 Å². The molecule has 142 valence electrons. The zero-order chi connectivity index (χ0) is 19.7. The van der Waals surface area contributed by atoms with Gasteiger partial charge in [-0.25, -0.2) is 4.68 Å². The van der Waals surface area contributed by atoms with E-state index in [0.717, 1.165) is 16.9 Å². The van der Waals surface area contributed by atoms with Crippen molar-refractivity contribution in [2.24, 2.45) is 5.73 Å². The van der Waals surface area contributed by atoms with Gasteiger partial charge >= 0.3 is 0 Å². The minimum atomic E-state index is -0.504. The van der Waals surface area contributed by atoms with Gasteiger partial charge in [0.1, 0.15) is 11.8 Å². The minimum absolute atomic E-state index is 0.447. The summed E-state index contributed by atoms with van der Waals surface area (Å²) in [4.78, 5) is 20.9. The number of hydrogen-bond donors (Lipinski definition) is 2. The molecular formula is C20H20N6O2. The van der Waals surface area contributed by atoms with Crippen molar-refractivity contribution in [3.05, 3.63) is 65.6 Å². The normalized spacial score (nSPS) is 15.7. The van der Waals surface area contributed by atoms with Gasteiger partial charge in [-0.1, -0.05) is 12.1 Å². The predicted molar refractivity (Wildman–Crippen MR) is 105 cm³/mol. The molecule has 1 aromatic carbocycles. The van der Waals surface area contributed by atoms with Gasteiger partial charge in [-0.05, 0) is 43.7 Å². The van der Waals surface area contributed by atoms with Crippen LogP contribution in [0.5, 0.6) is 5.75 Å². The van der Waals surface area contributed by atoms with Gasteiger partial charge in [0.05, 0.1) is 12.2 Å². The van der Waals surface area contributed by atoms with Crippen molar-refractivity contribution in [2.75, 3.05) is 11.9 Å². The summed E-state index contributed by atoms with van der Waals surface area (Å²) in [7, 11) is 0. The molecule has 0 spiro atoms. The quantitative estimate of drug-likeness (QED) is 0.708. The Morgan fingerprint density at radius 3 is 2.57 bits per heavy atom. The van der Waals surface area contributed by atoms with Crippen LogP contribution in [0.25, 0.3) is 11.4 Å². The highest BCUT2D eigenvalue weighted by molar-refractivity contribution is 5.95. The van der Waals surface area contributed by atoms with Crippen LogP contribution in [0.15, 0.2) is 60.1 Å². The van der Waals surface area contributed by atoms with E-state index in [-0.39, 0.29) is 0 Å². The highest BCUT2D eigenvalue weighted by atomic mass is 16.5. The Balaban J connectivity index is 1.82. The molecule has 1 aliphatic rings. The van der Waals surface area contributed by atoms with E-state index >= 15 is 0 Å². The van der Waals surface area contributed by atoms with Crippen molar-refractivity contribution in [3.8, 4) is 17.1 Å². The molecule has 3 aromatic rings. The Bertz CT molecular complexity index is 1040. The maximum Gasteiger partial charge on any atom is 0.248 e. The number of carbonyl (C=O) groups excluding carboxylic acids is 1. The van der Waals surface area contributed by atoms with Gasteiger partial charge in [0.2, 0.25) is 11.9 Å². The van der Waals surface area contributed by atoms with Crippen LogP contribution in [0.1, 0.15) is 25.5 Å². The Morgan fingerprint density at radius 1 is 1.21 bits per heavy atom. The highest BCUT2D eigenvalue weighted by Crippen LogP contribution is 2.36. The number of ether oxygens (including phenoxy) is 1. The molecular weight excluding hydrogens is 356 g/mol. The fourth-order valence-corrected chi connectivity index (χ4v) is 3.31. The second-order valence-electron chi connectivity index (χ2n) is 6.37. The molecule has 2 aromatic heterocycles. The minimum Gasteiger partial charge on any atom is -0.494 e. The molecule has 8 heteroatoms. The van der Waals surface area contributed by atoms with E-state index in [2.05, 4.69) is 20.4 Å². The Hall–Kier alpha value is -3.68. The number of aromatic nitrogens is 4. The second kappa shape index (κ2) is 7.15. The molecule has 1 amide bonds. The number of nitrogens with zero attached hydrogens (tertiary/aromatic N) is 4. The van der Waals surface area contributed by atoms with Gasteiger partial charge in [-0.3, -0.25) is 9.78 Å². The summed E-state index contributed by atoms with van der Waals surface area (Å²) >= 11 is 0. The van der Waals surface area contributed by atoms with Gasteiger partial charge < -0.3 is 15.8 Å². The molecule has 0 saturated heterocycles. The topological polar surface area (TPSA) is 108 Å². The fraction of sp³-hybridized carbons (Fsp3) is 0.200. The van der Waals surface area contributed by atoms with E-state index in [0.29, 0.717) is 29.6 Å². The van der Waals surface area contributed by atoms with Crippen molar-refractivity contribution in [3.63, 3.8) is 0 Å². The lowest BCUT2D eigenvalue weighted by molar-refractivity contribution is -0.115. The van der Waals surface area contributed by atoms with Crippen molar-refractivity contribution in [2.45, 2.75) is 19.9 Å². The van der Waals surface area contributed by atoms with E-state index in [1.165, 1.54) is 0 Å². The zero-order valence-corrected chi connectivity index (χ0v) is 15.6. The van der Waals surface area contributed by atoms with Gasteiger partial charge in [-0.2, -0.15) is 4.98 Å². The maximum absolute atomic E-state index is 12.2. The van der Waals surface area contributed by atoms with Crippen LogP contribution in [-0.2, 0) is 4.79 Å². The number of primary amides is 1. The molecule has 1 aliphatic heterocycles. The van der Waals surface area contributed by atoms with Crippen LogP contribution in [0.4, 0.5) is 5.95 Å². The summed E-state index contributed by atoms with van der Waals surface area (Å²) in [5.74, 6) is 1.35. The van der Waals surface area contributed by atoms with Crippen molar-refractivity contribution >= 4 is 11.9 Å².